The highest BCUT2D eigenvalue weighted by Crippen LogP contribution is 2.28. The van der Waals surface area contributed by atoms with Crippen LogP contribution in [0.3, 0.4) is 0 Å². The molecule has 16 heavy (non-hydrogen) atoms. The number of methoxy groups -OCH3 is 2. The molecule has 0 aromatic heterocycles. The lowest BCUT2D eigenvalue weighted by Crippen LogP contribution is -2.18. The van der Waals surface area contributed by atoms with Gasteiger partial charge >= 0.3 is 0 Å². The van der Waals surface area contributed by atoms with Gasteiger partial charge in [-0.1, -0.05) is 0 Å². The van der Waals surface area contributed by atoms with Gasteiger partial charge in [-0.2, -0.15) is 0 Å². The maximum absolute atomic E-state index is 8.12. The minimum Gasteiger partial charge on any atom is -0.496 e. The average Bonchev–Trinajstić information content (AvgIpc) is 2.42. The summed E-state index contributed by atoms with van der Waals surface area (Å²) in [7, 11) is -6.43. The summed E-state index contributed by atoms with van der Waals surface area (Å²) >= 11 is 0. The average molecular weight is 261 g/mol. The monoisotopic (exact) mass is 260 g/mol. The fourth-order valence-corrected chi connectivity index (χ4v) is 0.972. The van der Waals surface area contributed by atoms with Gasteiger partial charge in [-0.15, -0.1) is 12.4 Å². The highest BCUT2D eigenvalue weighted by molar-refractivity contribution is 5.85. The molecule has 0 heterocycles. The number of nitrogens with two attached hydrogens (primary N) is 1. The minimum atomic E-state index is -3.43. The lowest BCUT2D eigenvalue weighted by molar-refractivity contribution is 0.395. The van der Waals surface area contributed by atoms with Crippen molar-refractivity contribution < 1.29 is 30.0 Å². The second kappa shape index (κ2) is 6.61. The van der Waals surface area contributed by atoms with Crippen molar-refractivity contribution in [1.82, 2.24) is 0 Å². The molecule has 1 atom stereocenters. The van der Waals surface area contributed by atoms with Crippen molar-refractivity contribution in [1.29, 1.82) is 0 Å². The third-order valence-corrected chi connectivity index (χ3v) is 1.57. The van der Waals surface area contributed by atoms with Crippen LogP contribution in [-0.2, 0) is 6.37 Å². The molecule has 1 aromatic rings. The molecule has 0 aliphatic carbocycles. The highest BCUT2D eigenvalue weighted by atomic mass is 35.5. The summed E-state index contributed by atoms with van der Waals surface area (Å²) in [6, 6.07) is -2.40. The first kappa shape index (κ1) is 3.53. The van der Waals surface area contributed by atoms with Crippen LogP contribution < -0.4 is 15.2 Å². The maximum Gasteiger partial charge on any atom is 0.122 e. The zero-order valence-electron chi connectivity index (χ0n) is 23.0. The molecule has 0 amide bonds. The van der Waals surface area contributed by atoms with Crippen LogP contribution >= 0.6 is 12.4 Å². The van der Waals surface area contributed by atoms with Crippen LogP contribution in [0.2, 0.25) is 0 Å². The Balaban J connectivity index is 0.00000900. The molecule has 1 rings (SSSR count). The molecule has 0 bridgehead atoms. The summed E-state index contributed by atoms with van der Waals surface area (Å²) in [5.41, 5.74) is 3.59. The van der Waals surface area contributed by atoms with E-state index in [4.69, 9.17) is 26.3 Å². The van der Waals surface area contributed by atoms with E-state index in [1.54, 1.807) is 0 Å². The minimum absolute atomic E-state index is 0. The summed E-state index contributed by atoms with van der Waals surface area (Å²) in [5.74, 6) is -1.87. The van der Waals surface area contributed by atoms with Crippen LogP contribution in [0.1, 0.15) is 38.5 Å². The molecule has 0 saturated heterocycles. The molecule has 0 radical (unpaired) electrons. The van der Waals surface area contributed by atoms with E-state index in [2.05, 4.69) is 9.47 Å². The van der Waals surface area contributed by atoms with E-state index in [9.17, 15) is 0 Å². The first-order valence-corrected chi connectivity index (χ1v) is 3.76. The number of rotatable bonds is 4. The number of benzene rings is 1. The van der Waals surface area contributed by atoms with Gasteiger partial charge in [0.05, 0.1) is 22.3 Å². The van der Waals surface area contributed by atoms with Crippen molar-refractivity contribution in [3.8, 4) is 11.5 Å². The number of hydrogen-bond acceptors (Lipinski definition) is 3. The van der Waals surface area contributed by atoms with Crippen LogP contribution in [0.5, 0.6) is 11.5 Å². The molecule has 1 unspecified atom stereocenters. The van der Waals surface area contributed by atoms with Crippen LogP contribution in [0, 0.1) is 6.85 Å². The molecule has 2 N–H and O–H groups in total. The second-order valence-electron chi connectivity index (χ2n) is 2.59. The predicted octanol–water partition coefficient (Wildman–Crippen LogP) is 2.32. The molecule has 0 saturated carbocycles. The zero-order chi connectivity index (χ0) is 24.1. The second-order valence-corrected chi connectivity index (χ2v) is 2.59. The molecule has 3 nitrogen and oxygen atoms in total. The van der Waals surface area contributed by atoms with Crippen molar-refractivity contribution in [3.05, 3.63) is 23.3 Å². The molecule has 0 aliphatic heterocycles. The van der Waals surface area contributed by atoms with E-state index in [0.717, 1.165) is 0 Å². The van der Waals surface area contributed by atoms with E-state index in [-0.39, 0.29) is 12.4 Å². The Morgan fingerprint density at radius 3 is 2.81 bits per heavy atom. The molecule has 0 aliphatic rings. The van der Waals surface area contributed by atoms with Gasteiger partial charge in [-0.05, 0) is 43.3 Å². The van der Waals surface area contributed by atoms with Gasteiger partial charge in [-0.3, -0.25) is 0 Å². The molecule has 92 valence electrons. The third kappa shape index (κ3) is 3.58. The summed E-state index contributed by atoms with van der Waals surface area (Å²) in [6.07, 6.45) is -3.38. The lowest BCUT2D eigenvalue weighted by Gasteiger charge is -2.14. The summed E-state index contributed by atoms with van der Waals surface area (Å²) in [6.45, 7) is -6.48. The molecule has 4 heteroatoms. The normalized spacial score (nSPS) is 31.4. The number of aryl methyl sites for hydroxylation is 1. The summed E-state index contributed by atoms with van der Waals surface area (Å²) in [4.78, 5) is 0. The van der Waals surface area contributed by atoms with Gasteiger partial charge < -0.3 is 15.2 Å². The molecule has 1 aromatic carbocycles. The number of hydrogen-bond donors (Lipinski definition) is 1. The van der Waals surface area contributed by atoms with E-state index in [1.807, 2.05) is 0 Å². The standard InChI is InChI=1S/C12H19NO2.ClH/c1-8-5-12(15-4)10(6-9(2)13)7-11(8)14-3;/h5,7,9H,6,13H2,1-4H3;1H/i1D3,2D3,3D3,4D3,6D2,9D;. The van der Waals surface area contributed by atoms with Crippen LogP contribution in [0.25, 0.3) is 0 Å². The lowest BCUT2D eigenvalue weighted by atomic mass is 10.0. The Morgan fingerprint density at radius 2 is 2.19 bits per heavy atom. The fourth-order valence-electron chi connectivity index (χ4n) is 0.972. The Bertz CT molecular complexity index is 778. The van der Waals surface area contributed by atoms with Crippen LogP contribution in [0.15, 0.2) is 12.1 Å². The van der Waals surface area contributed by atoms with Crippen LogP contribution in [0.4, 0.5) is 0 Å². The Hall–Kier alpha value is -0.930. The van der Waals surface area contributed by atoms with Crippen molar-refractivity contribution in [2.24, 2.45) is 5.73 Å². The largest absolute Gasteiger partial charge is 0.496 e. The molecule has 0 spiro atoms. The van der Waals surface area contributed by atoms with Crippen molar-refractivity contribution in [2.45, 2.75) is 26.1 Å². The van der Waals surface area contributed by atoms with Gasteiger partial charge in [0.25, 0.3) is 0 Å². The van der Waals surface area contributed by atoms with E-state index in [1.165, 1.54) is 0 Å². The molecule has 0 fully saturated rings. The summed E-state index contributed by atoms with van der Waals surface area (Å²) in [5, 5.41) is 0. The SMILES string of the molecule is Cl.[2H]C([2H])([2H])Oc1cc(C([2H])([2H])C([2H])(N)C([2H])([2H])[2H])c(OC([2H])([2H])[2H])cc1C([2H])([2H])[2H]. The number of ether oxygens (including phenoxy) is 2. The van der Waals surface area contributed by atoms with Gasteiger partial charge in [-0.25, -0.2) is 0 Å². The first-order valence-electron chi connectivity index (χ1n) is 11.3. The van der Waals surface area contributed by atoms with Gasteiger partial charge in [0.15, 0.2) is 0 Å². The van der Waals surface area contributed by atoms with Gasteiger partial charge in [0.2, 0.25) is 0 Å². The highest BCUT2D eigenvalue weighted by Gasteiger charge is 2.09. The quantitative estimate of drug-likeness (QED) is 0.904. The van der Waals surface area contributed by atoms with Gasteiger partial charge in [0.1, 0.15) is 11.5 Å². The molecular formula is C12H20ClNO2. The van der Waals surface area contributed by atoms with Crippen molar-refractivity contribution >= 4 is 12.4 Å². The topological polar surface area (TPSA) is 44.5 Å². The third-order valence-electron chi connectivity index (χ3n) is 1.57. The smallest absolute Gasteiger partial charge is 0.122 e. The zero-order valence-corrected chi connectivity index (χ0v) is 8.77. The predicted molar refractivity (Wildman–Crippen MR) is 68.9 cm³/mol. The van der Waals surface area contributed by atoms with E-state index in [0.29, 0.717) is 12.1 Å². The molecular weight excluding hydrogens is 226 g/mol. The van der Waals surface area contributed by atoms with Crippen LogP contribution in [-0.4, -0.2) is 20.1 Å². The van der Waals surface area contributed by atoms with Crippen molar-refractivity contribution in [3.63, 3.8) is 0 Å². The van der Waals surface area contributed by atoms with E-state index < -0.39 is 62.8 Å². The Labute approximate surface area is 124 Å². The number of halogens is 1. The Kier molecular flexibility index (Phi) is 1.46. The van der Waals surface area contributed by atoms with Crippen molar-refractivity contribution in [2.75, 3.05) is 14.1 Å². The first-order chi connectivity index (χ1) is 12.9. The summed E-state index contributed by atoms with van der Waals surface area (Å²) < 4.78 is 121. The fraction of sp³-hybridized carbons (Fsp3) is 0.500. The Morgan fingerprint density at radius 1 is 1.44 bits per heavy atom. The maximum atomic E-state index is 8.12. The van der Waals surface area contributed by atoms with Gasteiger partial charge in [0, 0.05) is 18.4 Å². The van der Waals surface area contributed by atoms with E-state index >= 15 is 0 Å².